The minimum absolute atomic E-state index is 0.344. The molecule has 1 heterocycles. The number of aliphatic imine (C=N–C) groups is 1. The molecular weight excluding hydrogens is 290 g/mol. The summed E-state index contributed by atoms with van der Waals surface area (Å²) in [5, 5.41) is 19.5. The zero-order valence-corrected chi connectivity index (χ0v) is 14.3. The van der Waals surface area contributed by atoms with Gasteiger partial charge in [-0.3, -0.25) is 0 Å². The van der Waals surface area contributed by atoms with Gasteiger partial charge in [0.05, 0.1) is 6.54 Å². The smallest absolute Gasteiger partial charge is 0.191 e. The van der Waals surface area contributed by atoms with Crippen LogP contribution in [0.15, 0.2) is 22.5 Å². The van der Waals surface area contributed by atoms with E-state index in [1.807, 2.05) is 36.2 Å². The van der Waals surface area contributed by atoms with Crippen LogP contribution in [0.4, 0.5) is 0 Å². The largest absolute Gasteiger partial charge is 0.383 e. The minimum atomic E-state index is -0.915. The third kappa shape index (κ3) is 5.73. The zero-order valence-electron chi connectivity index (χ0n) is 12.6. The van der Waals surface area contributed by atoms with Crippen LogP contribution in [0.5, 0.6) is 0 Å². The van der Waals surface area contributed by atoms with Gasteiger partial charge < -0.3 is 15.7 Å². The molecule has 1 aromatic heterocycles. The lowest BCUT2D eigenvalue weighted by molar-refractivity contribution is 0.0711. The first kappa shape index (κ1) is 17.3. The first-order valence-corrected chi connectivity index (χ1v) is 8.97. The molecule has 0 saturated heterocycles. The van der Waals surface area contributed by atoms with E-state index in [-0.39, 0.29) is 0 Å². The number of thioether (sulfide) groups is 1. The predicted molar refractivity (Wildman–Crippen MR) is 90.8 cm³/mol. The van der Waals surface area contributed by atoms with E-state index in [9.17, 15) is 5.11 Å². The van der Waals surface area contributed by atoms with E-state index in [0.717, 1.165) is 23.9 Å². The monoisotopic (exact) mass is 315 g/mol. The Hall–Kier alpha value is -0.720. The molecule has 2 atom stereocenters. The van der Waals surface area contributed by atoms with Gasteiger partial charge in [0.2, 0.25) is 0 Å². The Morgan fingerprint density at radius 2 is 2.30 bits per heavy atom. The molecule has 20 heavy (non-hydrogen) atoms. The molecule has 1 rings (SSSR count). The predicted octanol–water partition coefficient (Wildman–Crippen LogP) is 2.26. The van der Waals surface area contributed by atoms with E-state index in [2.05, 4.69) is 28.8 Å². The normalized spacial score (nSPS) is 16.6. The highest BCUT2D eigenvalue weighted by Crippen LogP contribution is 2.25. The van der Waals surface area contributed by atoms with Crippen LogP contribution in [0.1, 0.15) is 25.6 Å². The summed E-state index contributed by atoms with van der Waals surface area (Å²) < 4.78 is 0. The van der Waals surface area contributed by atoms with Gasteiger partial charge in [-0.1, -0.05) is 13.0 Å². The second-order valence-corrected chi connectivity index (χ2v) is 7.10. The van der Waals surface area contributed by atoms with Crippen molar-refractivity contribution in [2.75, 3.05) is 25.9 Å². The molecule has 0 aliphatic heterocycles. The maximum absolute atomic E-state index is 10.5. The molecule has 2 unspecified atom stereocenters. The summed E-state index contributed by atoms with van der Waals surface area (Å²) >= 11 is 3.37. The number of hydrogen-bond donors (Lipinski definition) is 3. The van der Waals surface area contributed by atoms with Crippen molar-refractivity contribution in [3.63, 3.8) is 0 Å². The van der Waals surface area contributed by atoms with Crippen molar-refractivity contribution in [3.8, 4) is 0 Å². The summed E-state index contributed by atoms with van der Waals surface area (Å²) in [5.41, 5.74) is -0.915. The van der Waals surface area contributed by atoms with Crippen LogP contribution in [0, 0.1) is 0 Å². The van der Waals surface area contributed by atoms with Gasteiger partial charge in [-0.15, -0.1) is 11.3 Å². The molecule has 3 N–H and O–H groups in total. The van der Waals surface area contributed by atoms with Crippen molar-refractivity contribution in [1.82, 2.24) is 10.6 Å². The molecule has 114 valence electrons. The summed E-state index contributed by atoms with van der Waals surface area (Å²) in [6, 6.07) is 3.89. The van der Waals surface area contributed by atoms with E-state index in [4.69, 9.17) is 0 Å². The van der Waals surface area contributed by atoms with E-state index >= 15 is 0 Å². The van der Waals surface area contributed by atoms with Crippen LogP contribution in [0.2, 0.25) is 0 Å². The van der Waals surface area contributed by atoms with Crippen LogP contribution in [0.3, 0.4) is 0 Å². The Morgan fingerprint density at radius 3 is 2.85 bits per heavy atom. The number of hydrogen-bond acceptors (Lipinski definition) is 4. The number of guanidine groups is 1. The topological polar surface area (TPSA) is 56.7 Å². The van der Waals surface area contributed by atoms with E-state index < -0.39 is 5.60 Å². The molecule has 0 amide bonds. The maximum atomic E-state index is 10.5. The third-order valence-electron chi connectivity index (χ3n) is 2.90. The standard InChI is InChI=1S/C14H25N3OS2/c1-5-15-13(16-9-11(2)19-4)17-10-14(3,18)12-7-6-8-20-12/h6-8,11,18H,5,9-10H2,1-4H3,(H2,15,16,17). The lowest BCUT2D eigenvalue weighted by Gasteiger charge is -2.21. The third-order valence-corrected chi connectivity index (χ3v) is 4.99. The van der Waals surface area contributed by atoms with Gasteiger partial charge in [-0.2, -0.15) is 11.8 Å². The van der Waals surface area contributed by atoms with Gasteiger partial charge in [0, 0.05) is 23.2 Å². The molecule has 0 fully saturated rings. The Balaban J connectivity index is 2.62. The summed E-state index contributed by atoms with van der Waals surface area (Å²) in [6.45, 7) is 8.01. The molecule has 1 aromatic rings. The number of rotatable bonds is 7. The Labute approximate surface area is 130 Å². The van der Waals surface area contributed by atoms with Gasteiger partial charge in [0.15, 0.2) is 5.96 Å². The van der Waals surface area contributed by atoms with Crippen LogP contribution in [-0.2, 0) is 5.60 Å². The first-order valence-electron chi connectivity index (χ1n) is 6.81. The fourth-order valence-electron chi connectivity index (χ4n) is 1.56. The average molecular weight is 316 g/mol. The highest BCUT2D eigenvalue weighted by molar-refractivity contribution is 7.99. The Morgan fingerprint density at radius 1 is 1.55 bits per heavy atom. The second-order valence-electron chi connectivity index (χ2n) is 4.87. The molecule has 0 bridgehead atoms. The summed E-state index contributed by atoms with van der Waals surface area (Å²) in [5.74, 6) is 0.755. The van der Waals surface area contributed by atoms with Crippen molar-refractivity contribution in [2.24, 2.45) is 4.99 Å². The van der Waals surface area contributed by atoms with Crippen molar-refractivity contribution in [1.29, 1.82) is 0 Å². The van der Waals surface area contributed by atoms with Gasteiger partial charge in [0.1, 0.15) is 5.60 Å². The van der Waals surface area contributed by atoms with Crippen molar-refractivity contribution >= 4 is 29.1 Å². The average Bonchev–Trinajstić information content (AvgIpc) is 2.96. The molecule has 0 aliphatic carbocycles. The van der Waals surface area contributed by atoms with Gasteiger partial charge >= 0.3 is 0 Å². The van der Waals surface area contributed by atoms with Crippen molar-refractivity contribution in [3.05, 3.63) is 22.4 Å². The lowest BCUT2D eigenvalue weighted by Crippen LogP contribution is -2.41. The number of aliphatic hydroxyl groups is 1. The fourth-order valence-corrected chi connectivity index (χ4v) is 2.59. The highest BCUT2D eigenvalue weighted by Gasteiger charge is 2.23. The molecule has 6 heteroatoms. The minimum Gasteiger partial charge on any atom is -0.383 e. The second kappa shape index (κ2) is 8.54. The Kier molecular flexibility index (Phi) is 7.40. The molecule has 4 nitrogen and oxygen atoms in total. The van der Waals surface area contributed by atoms with Crippen molar-refractivity contribution < 1.29 is 5.11 Å². The molecule has 0 aromatic carbocycles. The molecule has 0 spiro atoms. The molecular formula is C14H25N3OS2. The number of thiophene rings is 1. The number of nitrogens with one attached hydrogen (secondary N) is 2. The molecule has 0 saturated carbocycles. The van der Waals surface area contributed by atoms with E-state index in [1.165, 1.54) is 0 Å². The van der Waals surface area contributed by atoms with Gasteiger partial charge in [-0.25, -0.2) is 4.99 Å². The molecule has 0 aliphatic rings. The maximum Gasteiger partial charge on any atom is 0.191 e. The van der Waals surface area contributed by atoms with E-state index in [1.54, 1.807) is 18.3 Å². The summed E-state index contributed by atoms with van der Waals surface area (Å²) in [4.78, 5) is 5.43. The fraction of sp³-hybridized carbons (Fsp3) is 0.643. The van der Waals surface area contributed by atoms with Crippen LogP contribution in [-0.4, -0.2) is 42.2 Å². The molecule has 0 radical (unpaired) electrons. The quantitative estimate of drug-likeness (QED) is 0.534. The lowest BCUT2D eigenvalue weighted by atomic mass is 10.1. The Bertz CT molecular complexity index is 405. The van der Waals surface area contributed by atoms with Gasteiger partial charge in [0.25, 0.3) is 0 Å². The first-order chi connectivity index (χ1) is 9.49. The number of nitrogens with zero attached hydrogens (tertiary/aromatic N) is 1. The van der Waals surface area contributed by atoms with E-state index in [0.29, 0.717) is 11.8 Å². The highest BCUT2D eigenvalue weighted by atomic mass is 32.2. The van der Waals surface area contributed by atoms with Crippen LogP contribution >= 0.6 is 23.1 Å². The van der Waals surface area contributed by atoms with Gasteiger partial charge in [-0.05, 0) is 31.5 Å². The summed E-state index contributed by atoms with van der Waals surface area (Å²) in [6.07, 6.45) is 2.10. The SMILES string of the molecule is CCNC(=NCC(C)(O)c1cccs1)NCC(C)SC. The van der Waals surface area contributed by atoms with Crippen LogP contribution < -0.4 is 10.6 Å². The van der Waals surface area contributed by atoms with Crippen LogP contribution in [0.25, 0.3) is 0 Å². The van der Waals surface area contributed by atoms with Crippen molar-refractivity contribution in [2.45, 2.75) is 31.6 Å². The zero-order chi connectivity index (χ0) is 15.0. The summed E-state index contributed by atoms with van der Waals surface area (Å²) in [7, 11) is 0.